The summed E-state index contributed by atoms with van der Waals surface area (Å²) in [5.74, 6) is 1.57. The molecule has 1 aromatic rings. The fourth-order valence-corrected chi connectivity index (χ4v) is 1.73. The highest BCUT2D eigenvalue weighted by atomic mass is 16.6. The number of fused-ring (bicyclic) bond motifs is 1. The molecule has 0 radical (unpaired) electrons. The van der Waals surface area contributed by atoms with Gasteiger partial charge in [-0.2, -0.15) is 0 Å². The van der Waals surface area contributed by atoms with Gasteiger partial charge >= 0.3 is 0 Å². The predicted octanol–water partition coefficient (Wildman–Crippen LogP) is 0.725. The van der Waals surface area contributed by atoms with Crippen LogP contribution in [0, 0.1) is 6.92 Å². The van der Waals surface area contributed by atoms with E-state index in [-0.39, 0.29) is 6.04 Å². The Kier molecular flexibility index (Phi) is 2.79. The summed E-state index contributed by atoms with van der Waals surface area (Å²) in [7, 11) is 0. The van der Waals surface area contributed by atoms with Gasteiger partial charge in [-0.1, -0.05) is 0 Å². The maximum Gasteiger partial charge on any atom is 0.161 e. The maximum atomic E-state index is 5.91. The van der Waals surface area contributed by atoms with Crippen LogP contribution in [0.1, 0.15) is 17.2 Å². The first-order chi connectivity index (χ1) is 7.22. The predicted molar refractivity (Wildman–Crippen MR) is 58.2 cm³/mol. The van der Waals surface area contributed by atoms with Gasteiger partial charge in [0.2, 0.25) is 0 Å². The molecule has 2 rings (SSSR count). The van der Waals surface area contributed by atoms with Crippen molar-refractivity contribution in [1.82, 2.24) is 0 Å². The van der Waals surface area contributed by atoms with Crippen LogP contribution in [0.4, 0.5) is 0 Å². The third kappa shape index (κ3) is 1.91. The molecule has 1 aliphatic rings. The van der Waals surface area contributed by atoms with E-state index < -0.39 is 0 Å². The number of benzene rings is 1. The Bertz CT molecular complexity index is 366. The van der Waals surface area contributed by atoms with E-state index in [0.29, 0.717) is 19.8 Å². The van der Waals surface area contributed by atoms with Crippen LogP contribution >= 0.6 is 0 Å². The van der Waals surface area contributed by atoms with Gasteiger partial charge < -0.3 is 20.9 Å². The summed E-state index contributed by atoms with van der Waals surface area (Å²) >= 11 is 0. The lowest BCUT2D eigenvalue weighted by atomic mass is 10.0. The molecular formula is C11H16N2O2. The van der Waals surface area contributed by atoms with Crippen molar-refractivity contribution in [3.05, 3.63) is 23.3 Å². The second-order valence-corrected chi connectivity index (χ2v) is 3.69. The van der Waals surface area contributed by atoms with E-state index in [1.165, 1.54) is 0 Å². The second-order valence-electron chi connectivity index (χ2n) is 3.69. The minimum Gasteiger partial charge on any atom is -0.486 e. The standard InChI is InChI=1S/C11H16N2O2/c1-7-4-10-11(15-3-2-14-10)5-8(7)9(13)6-12/h4-5,9H,2-3,6,12-13H2,1H3. The molecule has 4 nitrogen and oxygen atoms in total. The van der Waals surface area contributed by atoms with Crippen molar-refractivity contribution in [1.29, 1.82) is 0 Å². The summed E-state index contributed by atoms with van der Waals surface area (Å²) in [5.41, 5.74) is 13.6. The molecule has 0 aliphatic carbocycles. The fourth-order valence-electron chi connectivity index (χ4n) is 1.73. The SMILES string of the molecule is Cc1cc2c(cc1C(N)CN)OCCO2. The maximum absolute atomic E-state index is 5.91. The summed E-state index contributed by atoms with van der Waals surface area (Å²) in [6.07, 6.45) is 0. The molecule has 1 heterocycles. The van der Waals surface area contributed by atoms with Crippen molar-refractivity contribution in [2.75, 3.05) is 19.8 Å². The van der Waals surface area contributed by atoms with Gasteiger partial charge in [-0.05, 0) is 30.2 Å². The Hall–Kier alpha value is -1.26. The number of aryl methyl sites for hydroxylation is 1. The minimum absolute atomic E-state index is 0.138. The van der Waals surface area contributed by atoms with Crippen LogP contribution < -0.4 is 20.9 Å². The lowest BCUT2D eigenvalue weighted by Crippen LogP contribution is -2.22. The normalized spacial score (nSPS) is 16.2. The Morgan fingerprint density at radius 2 is 1.87 bits per heavy atom. The number of ether oxygens (including phenoxy) is 2. The van der Waals surface area contributed by atoms with E-state index >= 15 is 0 Å². The van der Waals surface area contributed by atoms with Crippen molar-refractivity contribution < 1.29 is 9.47 Å². The summed E-state index contributed by atoms with van der Waals surface area (Å²) in [5, 5.41) is 0. The quantitative estimate of drug-likeness (QED) is 0.751. The smallest absolute Gasteiger partial charge is 0.161 e. The number of nitrogens with two attached hydrogens (primary N) is 2. The van der Waals surface area contributed by atoms with Crippen LogP contribution in [0.25, 0.3) is 0 Å². The molecule has 4 heteroatoms. The molecule has 0 amide bonds. The number of hydrogen-bond acceptors (Lipinski definition) is 4. The van der Waals surface area contributed by atoms with Gasteiger partial charge in [0.15, 0.2) is 11.5 Å². The van der Waals surface area contributed by atoms with Crippen LogP contribution in [0.5, 0.6) is 11.5 Å². The van der Waals surface area contributed by atoms with Crippen molar-refractivity contribution in [3.63, 3.8) is 0 Å². The van der Waals surface area contributed by atoms with Gasteiger partial charge in [-0.3, -0.25) is 0 Å². The lowest BCUT2D eigenvalue weighted by molar-refractivity contribution is 0.171. The van der Waals surface area contributed by atoms with Crippen LogP contribution in [-0.2, 0) is 0 Å². The molecule has 0 bridgehead atoms. The molecule has 0 spiro atoms. The molecule has 1 unspecified atom stereocenters. The average molecular weight is 208 g/mol. The summed E-state index contributed by atoms with van der Waals surface area (Å²) < 4.78 is 11.0. The highest BCUT2D eigenvalue weighted by Gasteiger charge is 2.16. The first-order valence-electron chi connectivity index (χ1n) is 5.08. The van der Waals surface area contributed by atoms with Crippen molar-refractivity contribution in [3.8, 4) is 11.5 Å². The molecule has 15 heavy (non-hydrogen) atoms. The topological polar surface area (TPSA) is 70.5 Å². The Balaban J connectivity index is 2.40. The van der Waals surface area contributed by atoms with Gasteiger partial charge in [0.05, 0.1) is 0 Å². The molecular weight excluding hydrogens is 192 g/mol. The average Bonchev–Trinajstić information content (AvgIpc) is 2.27. The molecule has 0 saturated carbocycles. The largest absolute Gasteiger partial charge is 0.486 e. The van der Waals surface area contributed by atoms with Crippen LogP contribution in [0.15, 0.2) is 12.1 Å². The van der Waals surface area contributed by atoms with Crippen molar-refractivity contribution in [2.45, 2.75) is 13.0 Å². The zero-order valence-corrected chi connectivity index (χ0v) is 8.82. The molecule has 0 aromatic heterocycles. The van der Waals surface area contributed by atoms with Crippen LogP contribution in [0.3, 0.4) is 0 Å². The van der Waals surface area contributed by atoms with Crippen LogP contribution in [0.2, 0.25) is 0 Å². The fraction of sp³-hybridized carbons (Fsp3) is 0.455. The summed E-state index contributed by atoms with van der Waals surface area (Å²) in [6.45, 7) is 3.63. The third-order valence-electron chi connectivity index (χ3n) is 2.58. The first kappa shape index (κ1) is 10.3. The van der Waals surface area contributed by atoms with Crippen molar-refractivity contribution in [2.24, 2.45) is 11.5 Å². The van der Waals surface area contributed by atoms with E-state index in [9.17, 15) is 0 Å². The highest BCUT2D eigenvalue weighted by molar-refractivity contribution is 5.48. The van der Waals surface area contributed by atoms with E-state index in [0.717, 1.165) is 22.6 Å². The Labute approximate surface area is 89.2 Å². The zero-order valence-electron chi connectivity index (χ0n) is 8.82. The Morgan fingerprint density at radius 3 is 2.47 bits per heavy atom. The van der Waals surface area contributed by atoms with Gasteiger partial charge in [0.25, 0.3) is 0 Å². The summed E-state index contributed by atoms with van der Waals surface area (Å²) in [6, 6.07) is 3.75. The Morgan fingerprint density at radius 1 is 1.27 bits per heavy atom. The lowest BCUT2D eigenvalue weighted by Gasteiger charge is -2.22. The van der Waals surface area contributed by atoms with Gasteiger partial charge in [0.1, 0.15) is 13.2 Å². The third-order valence-corrected chi connectivity index (χ3v) is 2.58. The molecule has 4 N–H and O–H groups in total. The number of hydrogen-bond donors (Lipinski definition) is 2. The molecule has 82 valence electrons. The summed E-state index contributed by atoms with van der Waals surface area (Å²) in [4.78, 5) is 0. The van der Waals surface area contributed by atoms with Gasteiger partial charge in [-0.15, -0.1) is 0 Å². The molecule has 1 aliphatic heterocycles. The molecule has 1 atom stereocenters. The highest BCUT2D eigenvalue weighted by Crippen LogP contribution is 2.34. The van der Waals surface area contributed by atoms with Gasteiger partial charge in [-0.25, -0.2) is 0 Å². The molecule has 1 aromatic carbocycles. The van der Waals surface area contributed by atoms with Gasteiger partial charge in [0, 0.05) is 12.6 Å². The van der Waals surface area contributed by atoms with E-state index in [2.05, 4.69) is 0 Å². The van der Waals surface area contributed by atoms with Crippen molar-refractivity contribution >= 4 is 0 Å². The second kappa shape index (κ2) is 4.08. The molecule has 0 saturated heterocycles. The van der Waals surface area contributed by atoms with E-state index in [1.807, 2.05) is 19.1 Å². The van der Waals surface area contributed by atoms with E-state index in [4.69, 9.17) is 20.9 Å². The molecule has 0 fully saturated rings. The monoisotopic (exact) mass is 208 g/mol. The zero-order chi connectivity index (χ0) is 10.8. The minimum atomic E-state index is -0.138. The number of rotatable bonds is 2. The first-order valence-corrected chi connectivity index (χ1v) is 5.08. The van der Waals surface area contributed by atoms with Crippen LogP contribution in [-0.4, -0.2) is 19.8 Å². The van der Waals surface area contributed by atoms with E-state index in [1.54, 1.807) is 0 Å².